The van der Waals surface area contributed by atoms with Crippen LogP contribution in [0.2, 0.25) is 5.02 Å². The van der Waals surface area contributed by atoms with E-state index in [1.54, 1.807) is 35.0 Å². The van der Waals surface area contributed by atoms with Crippen LogP contribution < -0.4 is 15.4 Å². The zero-order chi connectivity index (χ0) is 24.2. The highest BCUT2D eigenvalue weighted by molar-refractivity contribution is 7.88. The summed E-state index contributed by atoms with van der Waals surface area (Å²) in [5, 5.41) is 11.0. The van der Waals surface area contributed by atoms with Crippen molar-refractivity contribution in [3.05, 3.63) is 76.6 Å². The molecule has 0 atom stereocenters. The second kappa shape index (κ2) is 9.94. The maximum atomic E-state index is 12.5. The van der Waals surface area contributed by atoms with Crippen LogP contribution in [0.5, 0.6) is 0 Å². The van der Waals surface area contributed by atoms with E-state index in [2.05, 4.69) is 36.1 Å². The third-order valence-corrected chi connectivity index (χ3v) is 5.69. The predicted octanol–water partition coefficient (Wildman–Crippen LogP) is 4.19. The first-order valence-corrected chi connectivity index (χ1v) is 12.6. The minimum absolute atomic E-state index is 0.158. The highest BCUT2D eigenvalue weighted by atomic mass is 35.5. The molecule has 2 aromatic carbocycles. The number of sulfonamides is 1. The van der Waals surface area contributed by atoms with E-state index in [9.17, 15) is 13.2 Å². The number of nitrogens with one attached hydrogen (secondary N) is 3. The number of rotatable bonds is 7. The Morgan fingerprint density at radius 2 is 1.76 bits per heavy atom. The number of amides is 2. The van der Waals surface area contributed by atoms with Gasteiger partial charge in [0.15, 0.2) is 0 Å². The van der Waals surface area contributed by atoms with Crippen LogP contribution in [-0.4, -0.2) is 30.5 Å². The molecule has 0 aliphatic heterocycles. The van der Waals surface area contributed by atoms with Gasteiger partial charge < -0.3 is 10.6 Å². The molecular formula is C23H28ClN5O3S. The maximum Gasteiger partial charge on any atom is 0.319 e. The number of nitrogens with zero attached hydrogens (tertiary/aromatic N) is 2. The topological polar surface area (TPSA) is 105 Å². The average Bonchev–Trinajstić information content (AvgIpc) is 3.16. The van der Waals surface area contributed by atoms with Crippen LogP contribution >= 0.6 is 11.6 Å². The van der Waals surface area contributed by atoms with E-state index in [-0.39, 0.29) is 24.5 Å². The van der Waals surface area contributed by atoms with Gasteiger partial charge in [-0.1, -0.05) is 50.6 Å². The number of hydrogen-bond acceptors (Lipinski definition) is 4. The molecule has 0 aliphatic carbocycles. The molecule has 0 saturated carbocycles. The number of benzene rings is 2. The van der Waals surface area contributed by atoms with Gasteiger partial charge in [-0.2, -0.15) is 5.10 Å². The van der Waals surface area contributed by atoms with E-state index in [1.165, 1.54) is 0 Å². The van der Waals surface area contributed by atoms with Gasteiger partial charge in [-0.25, -0.2) is 22.6 Å². The van der Waals surface area contributed by atoms with Gasteiger partial charge in [0, 0.05) is 22.7 Å². The van der Waals surface area contributed by atoms with Gasteiger partial charge in [0.1, 0.15) is 0 Å². The van der Waals surface area contributed by atoms with Crippen LogP contribution in [0.25, 0.3) is 5.69 Å². The monoisotopic (exact) mass is 489 g/mol. The van der Waals surface area contributed by atoms with Crippen molar-refractivity contribution in [2.24, 2.45) is 0 Å². The van der Waals surface area contributed by atoms with Gasteiger partial charge in [0.25, 0.3) is 0 Å². The minimum atomic E-state index is -3.26. The van der Waals surface area contributed by atoms with Crippen LogP contribution in [-0.2, 0) is 28.5 Å². The summed E-state index contributed by atoms with van der Waals surface area (Å²) in [5.41, 5.74) is 3.75. The molecule has 0 aliphatic rings. The number of halogens is 1. The molecule has 3 aromatic rings. The number of hydrogen-bond donors (Lipinski definition) is 3. The highest BCUT2D eigenvalue weighted by Crippen LogP contribution is 2.24. The summed E-state index contributed by atoms with van der Waals surface area (Å²) < 4.78 is 26.6. The fourth-order valence-electron chi connectivity index (χ4n) is 3.01. The Hall–Kier alpha value is -2.88. The lowest BCUT2D eigenvalue weighted by Crippen LogP contribution is -2.29. The molecule has 3 N–H and O–H groups in total. The van der Waals surface area contributed by atoms with E-state index >= 15 is 0 Å². The molecule has 176 valence electrons. The minimum Gasteiger partial charge on any atom is -0.332 e. The van der Waals surface area contributed by atoms with Crippen molar-refractivity contribution >= 4 is 33.3 Å². The van der Waals surface area contributed by atoms with Crippen molar-refractivity contribution in [1.82, 2.24) is 19.8 Å². The summed E-state index contributed by atoms with van der Waals surface area (Å²) in [6, 6.07) is 15.9. The van der Waals surface area contributed by atoms with Gasteiger partial charge in [-0.15, -0.1) is 0 Å². The van der Waals surface area contributed by atoms with Gasteiger partial charge in [-0.3, -0.25) is 0 Å². The molecule has 8 nitrogen and oxygen atoms in total. The number of anilines is 1. The first-order chi connectivity index (χ1) is 15.4. The van der Waals surface area contributed by atoms with Gasteiger partial charge >= 0.3 is 6.03 Å². The zero-order valence-electron chi connectivity index (χ0n) is 19.0. The highest BCUT2D eigenvalue weighted by Gasteiger charge is 2.21. The molecule has 3 rings (SSSR count). The molecule has 0 bridgehead atoms. The maximum absolute atomic E-state index is 12.5. The normalized spacial score (nSPS) is 11.9. The van der Waals surface area contributed by atoms with Crippen molar-refractivity contribution in [1.29, 1.82) is 0 Å². The SMILES string of the molecule is CC(C)(C)c1cc(CNC(=O)Nc2ccc(CNS(C)(=O)=O)cc2)n(-c2cccc(Cl)c2)n1. The smallest absolute Gasteiger partial charge is 0.319 e. The lowest BCUT2D eigenvalue weighted by molar-refractivity contribution is 0.251. The van der Waals surface area contributed by atoms with Crippen LogP contribution in [0.1, 0.15) is 37.7 Å². The zero-order valence-corrected chi connectivity index (χ0v) is 20.6. The van der Waals surface area contributed by atoms with Crippen LogP contribution in [0.3, 0.4) is 0 Å². The summed E-state index contributed by atoms with van der Waals surface area (Å²) >= 11 is 6.16. The Labute approximate surface area is 199 Å². The summed E-state index contributed by atoms with van der Waals surface area (Å²) in [6.45, 7) is 6.69. The lowest BCUT2D eigenvalue weighted by atomic mass is 9.92. The molecule has 33 heavy (non-hydrogen) atoms. The van der Waals surface area contributed by atoms with Crippen molar-refractivity contribution in [3.8, 4) is 5.69 Å². The van der Waals surface area contributed by atoms with Gasteiger partial charge in [-0.05, 0) is 42.0 Å². The van der Waals surface area contributed by atoms with Crippen molar-refractivity contribution in [2.75, 3.05) is 11.6 Å². The molecule has 0 unspecified atom stereocenters. The molecule has 0 radical (unpaired) electrons. The fraction of sp³-hybridized carbons (Fsp3) is 0.304. The van der Waals surface area contributed by atoms with Crippen LogP contribution in [0.4, 0.5) is 10.5 Å². The van der Waals surface area contributed by atoms with Crippen molar-refractivity contribution < 1.29 is 13.2 Å². The second-order valence-corrected chi connectivity index (χ2v) is 11.0. The average molecular weight is 490 g/mol. The molecule has 10 heteroatoms. The molecule has 0 spiro atoms. The Bertz CT molecular complexity index is 1230. The van der Waals surface area contributed by atoms with E-state index in [4.69, 9.17) is 16.7 Å². The number of carbonyl (C=O) groups excluding carboxylic acids is 1. The number of carbonyl (C=O) groups is 1. The number of urea groups is 1. The molecule has 1 heterocycles. The Kier molecular flexibility index (Phi) is 7.46. The lowest BCUT2D eigenvalue weighted by Gasteiger charge is -2.14. The molecule has 0 fully saturated rings. The van der Waals surface area contributed by atoms with Gasteiger partial charge in [0.2, 0.25) is 10.0 Å². The summed E-state index contributed by atoms with van der Waals surface area (Å²) in [5.74, 6) is 0. The molecular weight excluding hydrogens is 462 g/mol. The van der Waals surface area contributed by atoms with E-state index in [0.717, 1.165) is 28.9 Å². The summed E-state index contributed by atoms with van der Waals surface area (Å²) in [6.07, 6.45) is 1.11. The van der Waals surface area contributed by atoms with E-state index in [1.807, 2.05) is 24.3 Å². The predicted molar refractivity (Wildman–Crippen MR) is 131 cm³/mol. The van der Waals surface area contributed by atoms with Crippen LogP contribution in [0, 0.1) is 0 Å². The first-order valence-electron chi connectivity index (χ1n) is 10.3. The Morgan fingerprint density at radius 1 is 1.06 bits per heavy atom. The first kappa shape index (κ1) is 24.8. The molecule has 2 amide bonds. The fourth-order valence-corrected chi connectivity index (χ4v) is 3.62. The standard InChI is InChI=1S/C23H28ClN5O3S/c1-23(2,3)21-13-20(29(28-21)19-7-5-6-17(24)12-19)15-25-22(30)27-18-10-8-16(9-11-18)14-26-33(4,31)32/h5-13,26H,14-15H2,1-4H3,(H2,25,27,30). The number of aromatic nitrogens is 2. The third kappa shape index (κ3) is 7.31. The second-order valence-electron chi connectivity index (χ2n) is 8.76. The quantitative estimate of drug-likeness (QED) is 0.462. The third-order valence-electron chi connectivity index (χ3n) is 4.78. The van der Waals surface area contributed by atoms with E-state index < -0.39 is 10.0 Å². The summed E-state index contributed by atoms with van der Waals surface area (Å²) in [4.78, 5) is 12.5. The Balaban J connectivity index is 1.68. The molecule has 0 saturated heterocycles. The van der Waals surface area contributed by atoms with Crippen LogP contribution in [0.15, 0.2) is 54.6 Å². The van der Waals surface area contributed by atoms with Crippen molar-refractivity contribution in [3.63, 3.8) is 0 Å². The van der Waals surface area contributed by atoms with E-state index in [0.29, 0.717) is 10.7 Å². The van der Waals surface area contributed by atoms with Crippen molar-refractivity contribution in [2.45, 2.75) is 39.3 Å². The largest absolute Gasteiger partial charge is 0.332 e. The molecule has 1 aromatic heterocycles. The van der Waals surface area contributed by atoms with Gasteiger partial charge in [0.05, 0.1) is 29.9 Å². The summed E-state index contributed by atoms with van der Waals surface area (Å²) in [7, 11) is -3.26. The Morgan fingerprint density at radius 3 is 2.36 bits per heavy atom.